The van der Waals surface area contributed by atoms with Crippen LogP contribution in [0.2, 0.25) is 0 Å². The summed E-state index contributed by atoms with van der Waals surface area (Å²) in [6.07, 6.45) is 7.12. The molecule has 2 rings (SSSR count). The molecule has 7 heteroatoms. The molecule has 0 radical (unpaired) electrons. The van der Waals surface area contributed by atoms with Crippen LogP contribution in [0, 0.1) is 0 Å². The molecule has 0 amide bonds. The van der Waals surface area contributed by atoms with Gasteiger partial charge in [-0.1, -0.05) is 59.1 Å². The Morgan fingerprint density at radius 2 is 1.58 bits per heavy atom. The summed E-state index contributed by atoms with van der Waals surface area (Å²) in [5.74, 6) is 0.861. The highest BCUT2D eigenvalue weighted by Gasteiger charge is 2.22. The fourth-order valence-electron chi connectivity index (χ4n) is 2.17. The van der Waals surface area contributed by atoms with Gasteiger partial charge in [-0.05, 0) is 33.4 Å². The molecule has 108 valence electrons. The molecule has 0 unspecified atom stereocenters. The van der Waals surface area contributed by atoms with Gasteiger partial charge in [0.25, 0.3) is 0 Å². The highest BCUT2D eigenvalue weighted by molar-refractivity contribution is 7.47. The number of hydrogen-bond donors (Lipinski definition) is 1. The molecule has 1 aromatic rings. The molecule has 1 aliphatic rings. The van der Waals surface area contributed by atoms with Gasteiger partial charge in [-0.15, -0.1) is 0 Å². The van der Waals surface area contributed by atoms with E-state index in [1.54, 1.807) is 5.56 Å². The number of phosphoric acid groups is 1. The molecule has 0 aromatic heterocycles. The first-order valence-electron chi connectivity index (χ1n) is 6.07. The second-order valence-electron chi connectivity index (χ2n) is 4.35. The molecule has 1 fully saturated rings. The summed E-state index contributed by atoms with van der Waals surface area (Å²) in [5, 5.41) is 0. The molecule has 1 aromatic carbocycles. The second-order valence-corrected chi connectivity index (χ2v) is 5.57. The third-order valence-electron chi connectivity index (χ3n) is 3.05. The Morgan fingerprint density at radius 1 is 1.05 bits per heavy atom. The van der Waals surface area contributed by atoms with Gasteiger partial charge in [0.1, 0.15) is 0 Å². The second kappa shape index (κ2) is 8.38. The first-order valence-corrected chi connectivity index (χ1v) is 7.57. The Bertz CT molecular complexity index is 388. The summed E-state index contributed by atoms with van der Waals surface area (Å²) in [5.41, 5.74) is 1.55. The van der Waals surface area contributed by atoms with Crippen molar-refractivity contribution in [3.63, 3.8) is 0 Å². The van der Waals surface area contributed by atoms with Crippen LogP contribution in [0.3, 0.4) is 0 Å². The van der Waals surface area contributed by atoms with Crippen molar-refractivity contribution in [2.24, 2.45) is 0 Å². The molecule has 1 saturated carbocycles. The van der Waals surface area contributed by atoms with Gasteiger partial charge in [-0.25, -0.2) is 4.57 Å². The van der Waals surface area contributed by atoms with E-state index in [9.17, 15) is 13.6 Å². The molecule has 1 aliphatic carbocycles. The normalized spacial score (nSPS) is 16.6. The molecule has 0 atom stereocenters. The molecule has 4 nitrogen and oxygen atoms in total. The Morgan fingerprint density at radius 3 is 2.00 bits per heavy atom. The first-order chi connectivity index (χ1) is 9.09. The average Bonchev–Trinajstić information content (AvgIpc) is 2.50. The smallest absolute Gasteiger partial charge is 0.299 e. The van der Waals surface area contributed by atoms with Crippen molar-refractivity contribution >= 4 is 7.82 Å². The third-order valence-corrected chi connectivity index (χ3v) is 3.40. The van der Waals surface area contributed by atoms with E-state index in [4.69, 9.17) is 4.89 Å². The number of benzene rings is 1. The summed E-state index contributed by atoms with van der Waals surface area (Å²) in [6, 6.07) is 11.0. The van der Waals surface area contributed by atoms with Crippen LogP contribution >= 0.6 is 7.82 Å². The summed E-state index contributed by atoms with van der Waals surface area (Å²) in [6.45, 7) is 0. The van der Waals surface area contributed by atoms with Crippen molar-refractivity contribution in [2.75, 3.05) is 0 Å². The van der Waals surface area contributed by atoms with Crippen molar-refractivity contribution in [1.82, 2.24) is 0 Å². The number of rotatable bonds is 3. The van der Waals surface area contributed by atoms with Gasteiger partial charge in [-0.2, -0.15) is 0 Å². The lowest BCUT2D eigenvalue weighted by Crippen LogP contribution is -2.03. The van der Waals surface area contributed by atoms with Crippen molar-refractivity contribution in [2.45, 2.75) is 38.0 Å². The standard InChI is InChI=1S/C12H16.F2HO4P/c1-3-7-11(8-4-1)12-9-5-2-6-10-12;1-5-7(3,4)6-2/h1,3-4,7-8,12H,2,5-6,9-10H2;(H,3,4). The predicted octanol–water partition coefficient (Wildman–Crippen LogP) is 4.62. The van der Waals surface area contributed by atoms with E-state index < -0.39 is 7.82 Å². The predicted molar refractivity (Wildman–Crippen MR) is 66.5 cm³/mol. The zero-order valence-corrected chi connectivity index (χ0v) is 11.3. The summed E-state index contributed by atoms with van der Waals surface area (Å²) >= 11 is 0. The maximum absolute atomic E-state index is 10.4. The van der Waals surface area contributed by atoms with Crippen molar-refractivity contribution in [3.05, 3.63) is 35.9 Å². The molecule has 0 aliphatic heterocycles. The quantitative estimate of drug-likeness (QED) is 0.826. The van der Waals surface area contributed by atoms with Crippen molar-refractivity contribution < 1.29 is 28.0 Å². The van der Waals surface area contributed by atoms with Gasteiger partial charge in [0.2, 0.25) is 0 Å². The number of halogens is 2. The molecule has 19 heavy (non-hydrogen) atoms. The van der Waals surface area contributed by atoms with E-state index in [0.717, 1.165) is 5.92 Å². The summed E-state index contributed by atoms with van der Waals surface area (Å²) < 4.78 is 34.3. The van der Waals surface area contributed by atoms with Crippen LogP contribution in [0.1, 0.15) is 43.6 Å². The molecule has 1 N–H and O–H groups in total. The Kier molecular flexibility index (Phi) is 7.16. The molecule has 0 spiro atoms. The average molecular weight is 294 g/mol. The van der Waals surface area contributed by atoms with Crippen LogP contribution in [0.25, 0.3) is 0 Å². The van der Waals surface area contributed by atoms with E-state index in [0.29, 0.717) is 0 Å². The van der Waals surface area contributed by atoms with Crippen LogP contribution in [0.5, 0.6) is 0 Å². The van der Waals surface area contributed by atoms with Crippen LogP contribution < -0.4 is 0 Å². The van der Waals surface area contributed by atoms with Crippen molar-refractivity contribution in [3.8, 4) is 0 Å². The highest BCUT2D eigenvalue weighted by atomic mass is 31.2. The lowest BCUT2D eigenvalue weighted by Gasteiger charge is -2.21. The molecule has 0 saturated heterocycles. The molecule has 0 bridgehead atoms. The minimum absolute atomic E-state index is 0.861. The maximum Gasteiger partial charge on any atom is 0.534 e. The van der Waals surface area contributed by atoms with E-state index in [1.807, 2.05) is 0 Å². The SMILES string of the molecule is O=P(O)(OF)OF.c1ccc(C2CCCCC2)cc1. The highest BCUT2D eigenvalue weighted by Crippen LogP contribution is 2.43. The Labute approximate surface area is 110 Å². The van der Waals surface area contributed by atoms with Crippen LogP contribution in [-0.2, 0) is 14.0 Å². The first kappa shape index (κ1) is 16.2. The lowest BCUT2D eigenvalue weighted by molar-refractivity contribution is -0.110. The molecular formula is C12H17F2O4P. The van der Waals surface area contributed by atoms with Crippen molar-refractivity contribution in [1.29, 1.82) is 0 Å². The third kappa shape index (κ3) is 6.25. The largest absolute Gasteiger partial charge is 0.534 e. The van der Waals surface area contributed by atoms with Gasteiger partial charge in [0, 0.05) is 0 Å². The minimum Gasteiger partial charge on any atom is -0.299 e. The summed E-state index contributed by atoms with van der Waals surface area (Å²) in [4.78, 5) is 7.49. The molecular weight excluding hydrogens is 277 g/mol. The molecule has 0 heterocycles. The topological polar surface area (TPSA) is 55.8 Å². The van der Waals surface area contributed by atoms with Crippen LogP contribution in [0.4, 0.5) is 9.05 Å². The van der Waals surface area contributed by atoms with Gasteiger partial charge < -0.3 is 0 Å². The van der Waals surface area contributed by atoms with E-state index in [2.05, 4.69) is 39.8 Å². The fraction of sp³-hybridized carbons (Fsp3) is 0.500. The van der Waals surface area contributed by atoms with Gasteiger partial charge in [0.05, 0.1) is 0 Å². The number of hydrogen-bond acceptors (Lipinski definition) is 3. The van der Waals surface area contributed by atoms with Crippen LogP contribution in [-0.4, -0.2) is 4.89 Å². The Hall–Kier alpha value is -0.810. The van der Waals surface area contributed by atoms with E-state index in [1.165, 1.54) is 32.1 Å². The zero-order chi connectivity index (χ0) is 14.1. The maximum atomic E-state index is 10.4. The zero-order valence-electron chi connectivity index (χ0n) is 10.4. The van der Waals surface area contributed by atoms with Crippen LogP contribution in [0.15, 0.2) is 30.3 Å². The summed E-state index contributed by atoms with van der Waals surface area (Å²) in [7, 11) is -4.99. The Balaban J connectivity index is 0.000000224. The monoisotopic (exact) mass is 294 g/mol. The minimum atomic E-state index is -4.99. The van der Waals surface area contributed by atoms with Gasteiger partial charge >= 0.3 is 7.82 Å². The van der Waals surface area contributed by atoms with E-state index in [-0.39, 0.29) is 0 Å². The van der Waals surface area contributed by atoms with E-state index >= 15 is 0 Å². The van der Waals surface area contributed by atoms with Gasteiger partial charge in [0.15, 0.2) is 0 Å². The van der Waals surface area contributed by atoms with Gasteiger partial charge in [-0.3, -0.25) is 4.89 Å². The fourth-order valence-corrected chi connectivity index (χ4v) is 2.19. The lowest BCUT2D eigenvalue weighted by atomic mass is 9.84.